The van der Waals surface area contributed by atoms with E-state index in [1.54, 1.807) is 6.07 Å². The van der Waals surface area contributed by atoms with Crippen LogP contribution in [0.5, 0.6) is 5.75 Å². The average molecular weight is 352 g/mol. The predicted molar refractivity (Wildman–Crippen MR) is 92.0 cm³/mol. The Balaban J connectivity index is 2.19. The van der Waals surface area contributed by atoms with Crippen molar-refractivity contribution < 1.29 is 13.2 Å². The van der Waals surface area contributed by atoms with Gasteiger partial charge in [0.25, 0.3) is 10.0 Å². The van der Waals surface area contributed by atoms with Gasteiger partial charge in [-0.2, -0.15) is 0 Å². The van der Waals surface area contributed by atoms with Gasteiger partial charge in [-0.05, 0) is 49.6 Å². The number of benzene rings is 2. The van der Waals surface area contributed by atoms with Gasteiger partial charge in [0.1, 0.15) is 10.6 Å². The quantitative estimate of drug-likeness (QED) is 0.845. The number of anilines is 1. The summed E-state index contributed by atoms with van der Waals surface area (Å²) in [6.07, 6.45) is 0.692. The van der Waals surface area contributed by atoms with Crippen LogP contribution in [0, 0.1) is 6.92 Å². The number of sulfonamides is 1. The summed E-state index contributed by atoms with van der Waals surface area (Å²) in [5.41, 5.74) is 2.52. The van der Waals surface area contributed by atoms with Crippen molar-refractivity contribution in [1.29, 1.82) is 0 Å². The molecule has 0 saturated carbocycles. The maximum Gasteiger partial charge on any atom is 0.268 e. The van der Waals surface area contributed by atoms with Gasteiger partial charge in [-0.15, -0.1) is 0 Å². The third-order valence-corrected chi connectivity index (χ3v) is 6.48. The van der Waals surface area contributed by atoms with E-state index in [1.165, 1.54) is 17.5 Å². The Kier molecular flexibility index (Phi) is 4.02. The maximum absolute atomic E-state index is 13.2. The molecular weight excluding hydrogens is 334 g/mol. The van der Waals surface area contributed by atoms with Crippen LogP contribution in [0.4, 0.5) is 5.69 Å². The fraction of sp³-hybridized carbons (Fsp3) is 0.294. The number of nitrogens with zero attached hydrogens (tertiary/aromatic N) is 1. The Morgan fingerprint density at radius 3 is 2.65 bits per heavy atom. The number of rotatable bonds is 3. The predicted octanol–water partition coefficient (Wildman–Crippen LogP) is 3.80. The minimum atomic E-state index is -3.76. The van der Waals surface area contributed by atoms with Gasteiger partial charge in [0, 0.05) is 11.1 Å². The van der Waals surface area contributed by atoms with E-state index in [0.717, 1.165) is 16.8 Å². The molecule has 122 valence electrons. The van der Waals surface area contributed by atoms with Gasteiger partial charge in [0.2, 0.25) is 0 Å². The van der Waals surface area contributed by atoms with Crippen molar-refractivity contribution in [3.8, 4) is 5.75 Å². The first-order chi connectivity index (χ1) is 10.9. The van der Waals surface area contributed by atoms with Gasteiger partial charge >= 0.3 is 0 Å². The molecule has 0 radical (unpaired) electrons. The molecule has 1 heterocycles. The van der Waals surface area contributed by atoms with Crippen LogP contribution in [0.3, 0.4) is 0 Å². The van der Waals surface area contributed by atoms with Crippen LogP contribution in [0.2, 0.25) is 5.02 Å². The van der Waals surface area contributed by atoms with Crippen LogP contribution in [0.15, 0.2) is 41.3 Å². The number of methoxy groups -OCH3 is 1. The second-order valence-electron chi connectivity index (χ2n) is 5.73. The number of fused-ring (bicyclic) bond motifs is 1. The minimum Gasteiger partial charge on any atom is -0.495 e. The summed E-state index contributed by atoms with van der Waals surface area (Å²) in [7, 11) is -2.30. The summed E-state index contributed by atoms with van der Waals surface area (Å²) in [6, 6.07) is 10.5. The number of hydrogen-bond donors (Lipinski definition) is 0. The Labute approximate surface area is 141 Å². The molecule has 6 heteroatoms. The molecule has 0 fully saturated rings. The monoisotopic (exact) mass is 351 g/mol. The first-order valence-corrected chi connectivity index (χ1v) is 9.14. The molecule has 0 saturated heterocycles. The molecule has 0 aromatic heterocycles. The van der Waals surface area contributed by atoms with Gasteiger partial charge in [-0.1, -0.05) is 29.8 Å². The van der Waals surface area contributed by atoms with E-state index in [-0.39, 0.29) is 10.9 Å². The number of aryl methyl sites for hydroxylation is 1. The average Bonchev–Trinajstić information content (AvgIpc) is 2.85. The number of ether oxygens (including phenoxy) is 1. The summed E-state index contributed by atoms with van der Waals surface area (Å²) in [6.45, 7) is 3.72. The van der Waals surface area contributed by atoms with E-state index in [9.17, 15) is 8.42 Å². The van der Waals surface area contributed by atoms with Crippen molar-refractivity contribution in [2.75, 3.05) is 11.4 Å². The summed E-state index contributed by atoms with van der Waals surface area (Å²) in [4.78, 5) is 0.0964. The molecule has 4 nitrogen and oxygen atoms in total. The van der Waals surface area contributed by atoms with E-state index in [1.807, 2.05) is 38.1 Å². The molecule has 0 unspecified atom stereocenters. The highest BCUT2D eigenvalue weighted by Crippen LogP contribution is 2.40. The van der Waals surface area contributed by atoms with Crippen LogP contribution >= 0.6 is 11.6 Å². The zero-order valence-corrected chi connectivity index (χ0v) is 14.8. The van der Waals surface area contributed by atoms with Crippen molar-refractivity contribution in [3.63, 3.8) is 0 Å². The standard InChI is InChI=1S/C17H18ClNO3S/c1-11-8-16(22-3)17(10-14(11)18)23(20,21)19-12(2)9-13-6-4-5-7-15(13)19/h4-8,10,12H,9H2,1-3H3/t12-/m1/s1. The highest BCUT2D eigenvalue weighted by Gasteiger charge is 2.37. The SMILES string of the molecule is COc1cc(C)c(Cl)cc1S(=O)(=O)N1c2ccccc2C[C@H]1C. The topological polar surface area (TPSA) is 46.6 Å². The molecule has 0 spiro atoms. The molecule has 2 aromatic carbocycles. The van der Waals surface area contributed by atoms with E-state index in [0.29, 0.717) is 17.2 Å². The largest absolute Gasteiger partial charge is 0.495 e. The fourth-order valence-electron chi connectivity index (χ4n) is 3.01. The zero-order chi connectivity index (χ0) is 16.8. The second kappa shape index (κ2) is 5.73. The van der Waals surface area contributed by atoms with Gasteiger partial charge < -0.3 is 4.74 Å². The molecular formula is C17H18ClNO3S. The van der Waals surface area contributed by atoms with Crippen molar-refractivity contribution in [3.05, 3.63) is 52.5 Å². The molecule has 1 aliphatic heterocycles. The fourth-order valence-corrected chi connectivity index (χ4v) is 5.10. The van der Waals surface area contributed by atoms with E-state index in [4.69, 9.17) is 16.3 Å². The Morgan fingerprint density at radius 1 is 1.26 bits per heavy atom. The van der Waals surface area contributed by atoms with E-state index in [2.05, 4.69) is 0 Å². The van der Waals surface area contributed by atoms with Crippen molar-refractivity contribution in [1.82, 2.24) is 0 Å². The molecule has 0 amide bonds. The van der Waals surface area contributed by atoms with Crippen molar-refractivity contribution >= 4 is 27.3 Å². The molecule has 1 aliphatic rings. The lowest BCUT2D eigenvalue weighted by Crippen LogP contribution is -2.36. The lowest BCUT2D eigenvalue weighted by Gasteiger charge is -2.25. The Bertz CT molecular complexity index is 864. The lowest BCUT2D eigenvalue weighted by atomic mass is 10.1. The summed E-state index contributed by atoms with van der Waals surface area (Å²) < 4.78 is 33.2. The van der Waals surface area contributed by atoms with Crippen LogP contribution in [-0.2, 0) is 16.4 Å². The third-order valence-electron chi connectivity index (χ3n) is 4.13. The first-order valence-electron chi connectivity index (χ1n) is 7.32. The molecule has 0 bridgehead atoms. The first kappa shape index (κ1) is 16.1. The number of para-hydroxylation sites is 1. The second-order valence-corrected chi connectivity index (χ2v) is 7.93. The molecule has 23 heavy (non-hydrogen) atoms. The third kappa shape index (κ3) is 2.58. The minimum absolute atomic E-state index is 0.0964. The summed E-state index contributed by atoms with van der Waals surface area (Å²) in [5.74, 6) is 0.309. The highest BCUT2D eigenvalue weighted by atomic mass is 35.5. The Morgan fingerprint density at radius 2 is 1.96 bits per heavy atom. The van der Waals surface area contributed by atoms with Crippen LogP contribution in [0.25, 0.3) is 0 Å². The maximum atomic E-state index is 13.2. The smallest absolute Gasteiger partial charge is 0.268 e. The molecule has 1 atom stereocenters. The molecule has 0 N–H and O–H groups in total. The summed E-state index contributed by atoms with van der Waals surface area (Å²) >= 11 is 6.15. The highest BCUT2D eigenvalue weighted by molar-refractivity contribution is 7.93. The number of hydrogen-bond acceptors (Lipinski definition) is 3. The van der Waals surface area contributed by atoms with Crippen LogP contribution in [0.1, 0.15) is 18.1 Å². The van der Waals surface area contributed by atoms with Crippen molar-refractivity contribution in [2.45, 2.75) is 31.2 Å². The summed E-state index contributed by atoms with van der Waals surface area (Å²) in [5, 5.41) is 0.407. The van der Waals surface area contributed by atoms with Gasteiger partial charge in [0.05, 0.1) is 12.8 Å². The van der Waals surface area contributed by atoms with Gasteiger partial charge in [0.15, 0.2) is 0 Å². The Hall–Kier alpha value is -1.72. The van der Waals surface area contributed by atoms with E-state index >= 15 is 0 Å². The van der Waals surface area contributed by atoms with Crippen LogP contribution in [-0.4, -0.2) is 21.6 Å². The van der Waals surface area contributed by atoms with Crippen molar-refractivity contribution in [2.24, 2.45) is 0 Å². The lowest BCUT2D eigenvalue weighted by molar-refractivity contribution is 0.402. The van der Waals surface area contributed by atoms with Crippen LogP contribution < -0.4 is 9.04 Å². The normalized spacial score (nSPS) is 17.2. The van der Waals surface area contributed by atoms with Gasteiger partial charge in [-0.3, -0.25) is 4.31 Å². The van der Waals surface area contributed by atoms with E-state index < -0.39 is 10.0 Å². The number of halogens is 1. The molecule has 0 aliphatic carbocycles. The zero-order valence-electron chi connectivity index (χ0n) is 13.2. The molecule has 2 aromatic rings. The van der Waals surface area contributed by atoms with Gasteiger partial charge in [-0.25, -0.2) is 8.42 Å². The molecule has 3 rings (SSSR count).